The molecule has 0 atom stereocenters. The van der Waals surface area contributed by atoms with Gasteiger partial charge in [0.15, 0.2) is 0 Å². The van der Waals surface area contributed by atoms with E-state index in [1.165, 1.54) is 0 Å². The SMILES string of the molecule is COc1ccc(NCCC(C)(C)C#N)c(OC)c1. The van der Waals surface area contributed by atoms with Crippen molar-refractivity contribution in [2.24, 2.45) is 5.41 Å². The predicted octanol–water partition coefficient (Wildman–Crippen LogP) is 3.06. The number of nitrogens with zero attached hydrogens (tertiary/aromatic N) is 1. The summed E-state index contributed by atoms with van der Waals surface area (Å²) in [6.45, 7) is 4.59. The molecule has 1 N–H and O–H groups in total. The van der Waals surface area contributed by atoms with Crippen molar-refractivity contribution in [2.45, 2.75) is 20.3 Å². The highest BCUT2D eigenvalue weighted by atomic mass is 16.5. The van der Waals surface area contributed by atoms with Gasteiger partial charge >= 0.3 is 0 Å². The zero-order chi connectivity index (χ0) is 13.6. The fraction of sp³-hybridized carbons (Fsp3) is 0.500. The molecule has 0 amide bonds. The molecule has 0 aromatic heterocycles. The molecule has 0 aliphatic heterocycles. The van der Waals surface area contributed by atoms with E-state index in [0.29, 0.717) is 0 Å². The summed E-state index contributed by atoms with van der Waals surface area (Å²) < 4.78 is 10.4. The van der Waals surface area contributed by atoms with Crippen molar-refractivity contribution in [1.82, 2.24) is 0 Å². The molecule has 4 heteroatoms. The van der Waals surface area contributed by atoms with Crippen LogP contribution in [0.5, 0.6) is 11.5 Å². The minimum Gasteiger partial charge on any atom is -0.497 e. The molecule has 1 rings (SSSR count). The van der Waals surface area contributed by atoms with Crippen molar-refractivity contribution in [3.05, 3.63) is 18.2 Å². The Balaban J connectivity index is 2.65. The van der Waals surface area contributed by atoms with Gasteiger partial charge in [0.2, 0.25) is 0 Å². The maximum absolute atomic E-state index is 8.94. The summed E-state index contributed by atoms with van der Waals surface area (Å²) in [5.74, 6) is 1.50. The summed E-state index contributed by atoms with van der Waals surface area (Å²) in [5.41, 5.74) is 0.597. The van der Waals surface area contributed by atoms with Gasteiger partial charge in [-0.25, -0.2) is 0 Å². The molecule has 18 heavy (non-hydrogen) atoms. The van der Waals surface area contributed by atoms with E-state index in [9.17, 15) is 0 Å². The molecule has 98 valence electrons. The van der Waals surface area contributed by atoms with Crippen LogP contribution in [-0.4, -0.2) is 20.8 Å². The highest BCUT2D eigenvalue weighted by Gasteiger charge is 2.16. The molecule has 0 saturated carbocycles. The third-order valence-electron chi connectivity index (χ3n) is 2.78. The quantitative estimate of drug-likeness (QED) is 0.840. The van der Waals surface area contributed by atoms with Gasteiger partial charge in [0, 0.05) is 12.6 Å². The van der Waals surface area contributed by atoms with Crippen LogP contribution in [0.3, 0.4) is 0 Å². The van der Waals surface area contributed by atoms with Crippen molar-refractivity contribution in [3.8, 4) is 17.6 Å². The number of methoxy groups -OCH3 is 2. The smallest absolute Gasteiger partial charge is 0.145 e. The number of anilines is 1. The monoisotopic (exact) mass is 248 g/mol. The van der Waals surface area contributed by atoms with E-state index in [1.807, 2.05) is 32.0 Å². The Morgan fingerprint density at radius 1 is 1.28 bits per heavy atom. The lowest BCUT2D eigenvalue weighted by Gasteiger charge is -2.17. The Kier molecular flexibility index (Phi) is 4.85. The van der Waals surface area contributed by atoms with E-state index in [2.05, 4.69) is 11.4 Å². The van der Waals surface area contributed by atoms with Crippen molar-refractivity contribution >= 4 is 5.69 Å². The van der Waals surface area contributed by atoms with E-state index in [0.717, 1.165) is 30.2 Å². The second kappa shape index (κ2) is 6.15. The fourth-order valence-electron chi connectivity index (χ4n) is 1.51. The van der Waals surface area contributed by atoms with E-state index in [1.54, 1.807) is 14.2 Å². The number of nitriles is 1. The molecule has 0 fully saturated rings. The lowest BCUT2D eigenvalue weighted by molar-refractivity contribution is 0.395. The number of hydrogen-bond donors (Lipinski definition) is 1. The molecular weight excluding hydrogens is 228 g/mol. The molecule has 4 nitrogen and oxygen atoms in total. The van der Waals surface area contributed by atoms with E-state index >= 15 is 0 Å². The van der Waals surface area contributed by atoms with E-state index < -0.39 is 0 Å². The largest absolute Gasteiger partial charge is 0.497 e. The van der Waals surface area contributed by atoms with Gasteiger partial charge in [-0.1, -0.05) is 0 Å². The Labute approximate surface area is 109 Å². The maximum Gasteiger partial charge on any atom is 0.145 e. The summed E-state index contributed by atoms with van der Waals surface area (Å²) in [6, 6.07) is 7.90. The van der Waals surface area contributed by atoms with Crippen LogP contribution in [-0.2, 0) is 0 Å². The summed E-state index contributed by atoms with van der Waals surface area (Å²) in [5, 5.41) is 12.2. The molecule has 0 unspecified atom stereocenters. The fourth-order valence-corrected chi connectivity index (χ4v) is 1.51. The number of nitrogens with one attached hydrogen (secondary N) is 1. The highest BCUT2D eigenvalue weighted by molar-refractivity contribution is 5.59. The molecular formula is C14H20N2O2. The topological polar surface area (TPSA) is 54.3 Å². The van der Waals surface area contributed by atoms with Gasteiger partial charge in [0.1, 0.15) is 11.5 Å². The second-order valence-corrected chi connectivity index (χ2v) is 4.74. The van der Waals surface area contributed by atoms with Crippen LogP contribution in [0.25, 0.3) is 0 Å². The first-order valence-electron chi connectivity index (χ1n) is 5.89. The first kappa shape index (κ1) is 14.2. The second-order valence-electron chi connectivity index (χ2n) is 4.74. The van der Waals surface area contributed by atoms with E-state index in [-0.39, 0.29) is 5.41 Å². The molecule has 0 radical (unpaired) electrons. The van der Waals surface area contributed by atoms with Crippen LogP contribution in [0.4, 0.5) is 5.69 Å². The number of ether oxygens (including phenoxy) is 2. The van der Waals surface area contributed by atoms with Crippen molar-refractivity contribution < 1.29 is 9.47 Å². The Bertz CT molecular complexity index is 436. The van der Waals surface area contributed by atoms with Crippen molar-refractivity contribution in [3.63, 3.8) is 0 Å². The summed E-state index contributed by atoms with van der Waals surface area (Å²) in [7, 11) is 3.25. The zero-order valence-electron chi connectivity index (χ0n) is 11.4. The first-order chi connectivity index (χ1) is 8.52. The van der Waals surface area contributed by atoms with Crippen LogP contribution < -0.4 is 14.8 Å². The molecule has 1 aromatic rings. The van der Waals surface area contributed by atoms with Gasteiger partial charge in [-0.15, -0.1) is 0 Å². The minimum atomic E-state index is -0.313. The average molecular weight is 248 g/mol. The number of hydrogen-bond acceptors (Lipinski definition) is 4. The molecule has 0 heterocycles. The maximum atomic E-state index is 8.94. The average Bonchev–Trinajstić information content (AvgIpc) is 2.38. The standard InChI is InChI=1S/C14H20N2O2/c1-14(2,10-15)7-8-16-12-6-5-11(17-3)9-13(12)18-4/h5-6,9,16H,7-8H2,1-4H3. The lowest BCUT2D eigenvalue weighted by Crippen LogP contribution is -2.14. The van der Waals surface area contributed by atoms with Gasteiger partial charge in [-0.05, 0) is 32.4 Å². The predicted molar refractivity (Wildman–Crippen MR) is 72.0 cm³/mol. The molecule has 0 saturated heterocycles. The molecule has 0 aliphatic rings. The van der Waals surface area contributed by atoms with Gasteiger partial charge in [0.25, 0.3) is 0 Å². The molecule has 0 bridgehead atoms. The molecule has 0 aliphatic carbocycles. The van der Waals surface area contributed by atoms with Gasteiger partial charge in [-0.2, -0.15) is 5.26 Å². The van der Waals surface area contributed by atoms with Crippen LogP contribution in [0, 0.1) is 16.7 Å². The molecule has 0 spiro atoms. The van der Waals surface area contributed by atoms with Gasteiger partial charge in [-0.3, -0.25) is 0 Å². The first-order valence-corrected chi connectivity index (χ1v) is 5.89. The van der Waals surface area contributed by atoms with Crippen LogP contribution in [0.15, 0.2) is 18.2 Å². The Morgan fingerprint density at radius 2 is 2.00 bits per heavy atom. The summed E-state index contributed by atoms with van der Waals surface area (Å²) in [6.07, 6.45) is 0.776. The van der Waals surface area contributed by atoms with Crippen LogP contribution in [0.1, 0.15) is 20.3 Å². The van der Waals surface area contributed by atoms with Crippen LogP contribution in [0.2, 0.25) is 0 Å². The van der Waals surface area contributed by atoms with Gasteiger partial charge < -0.3 is 14.8 Å². The zero-order valence-corrected chi connectivity index (χ0v) is 11.4. The third-order valence-corrected chi connectivity index (χ3v) is 2.78. The lowest BCUT2D eigenvalue weighted by atomic mass is 9.91. The van der Waals surface area contributed by atoms with Crippen LogP contribution >= 0.6 is 0 Å². The van der Waals surface area contributed by atoms with E-state index in [4.69, 9.17) is 14.7 Å². The summed E-state index contributed by atoms with van der Waals surface area (Å²) >= 11 is 0. The van der Waals surface area contributed by atoms with Crippen molar-refractivity contribution in [1.29, 1.82) is 5.26 Å². The number of benzene rings is 1. The number of rotatable bonds is 6. The summed E-state index contributed by atoms with van der Waals surface area (Å²) in [4.78, 5) is 0. The molecule has 1 aromatic carbocycles. The Hall–Kier alpha value is -1.89. The normalized spacial score (nSPS) is 10.6. The van der Waals surface area contributed by atoms with Gasteiger partial charge in [0.05, 0.1) is 31.4 Å². The highest BCUT2D eigenvalue weighted by Crippen LogP contribution is 2.29. The minimum absolute atomic E-state index is 0.313. The Morgan fingerprint density at radius 3 is 2.56 bits per heavy atom. The third kappa shape index (κ3) is 3.85. The van der Waals surface area contributed by atoms with Crippen molar-refractivity contribution in [2.75, 3.05) is 26.1 Å².